The largest absolute Gasteiger partial charge is 0.295 e. The van der Waals surface area contributed by atoms with Crippen molar-refractivity contribution in [3.63, 3.8) is 0 Å². The Hall–Kier alpha value is -1.08. The van der Waals surface area contributed by atoms with E-state index in [0.29, 0.717) is 10.6 Å². The lowest BCUT2D eigenvalue weighted by molar-refractivity contribution is 0.101. The zero-order chi connectivity index (χ0) is 10.0. The second-order valence-corrected chi connectivity index (χ2v) is 3.50. The van der Waals surface area contributed by atoms with Crippen LogP contribution < -0.4 is 0 Å². The molecule has 0 aromatic heterocycles. The molecule has 1 aromatic rings. The number of rotatable bonds is 2. The van der Waals surface area contributed by atoms with Gasteiger partial charge in [0.05, 0.1) is 0 Å². The van der Waals surface area contributed by atoms with Crippen molar-refractivity contribution >= 4 is 23.0 Å². The van der Waals surface area contributed by atoms with Crippen LogP contribution in [0.25, 0.3) is 5.57 Å². The predicted molar refractivity (Wildman–Crippen MR) is 56.2 cm³/mol. The van der Waals surface area contributed by atoms with Gasteiger partial charge in [-0.1, -0.05) is 23.8 Å². The Kier molecular flexibility index (Phi) is 2.89. The summed E-state index contributed by atoms with van der Waals surface area (Å²) in [7, 11) is 0. The molecule has 0 fully saturated rings. The van der Waals surface area contributed by atoms with Gasteiger partial charge in [-0.2, -0.15) is 0 Å². The van der Waals surface area contributed by atoms with E-state index < -0.39 is 0 Å². The monoisotopic (exact) mass is 194 g/mol. The summed E-state index contributed by atoms with van der Waals surface area (Å²) < 4.78 is 0. The van der Waals surface area contributed by atoms with Crippen molar-refractivity contribution < 1.29 is 4.79 Å². The van der Waals surface area contributed by atoms with E-state index in [2.05, 4.69) is 6.58 Å². The molecule has 1 nitrogen and oxygen atoms in total. The molecule has 0 saturated heterocycles. The fraction of sp³-hybridized carbons (Fsp3) is 0.182. The Morgan fingerprint density at radius 1 is 1.23 bits per heavy atom. The number of Topliss-reactive ketones (excluding diaryl/α,β-unsaturated/α-hetero) is 1. The molecular weight excluding hydrogens is 184 g/mol. The Bertz CT molecular complexity index is 334. The van der Waals surface area contributed by atoms with Gasteiger partial charge >= 0.3 is 0 Å². The van der Waals surface area contributed by atoms with Gasteiger partial charge in [0.2, 0.25) is 0 Å². The molecule has 1 rings (SSSR count). The number of carbonyl (C=O) groups is 1. The maximum Gasteiger partial charge on any atom is 0.159 e. The molecule has 0 aliphatic heterocycles. The van der Waals surface area contributed by atoms with Crippen molar-refractivity contribution in [2.75, 3.05) is 0 Å². The van der Waals surface area contributed by atoms with Crippen LogP contribution in [-0.2, 0) is 0 Å². The van der Waals surface area contributed by atoms with E-state index in [1.165, 1.54) is 6.92 Å². The number of hydrogen-bond acceptors (Lipinski definition) is 1. The Morgan fingerprint density at radius 3 is 2.23 bits per heavy atom. The zero-order valence-electron chi connectivity index (χ0n) is 7.73. The van der Waals surface area contributed by atoms with Crippen molar-refractivity contribution in [1.29, 1.82) is 0 Å². The molecule has 0 N–H and O–H groups in total. The third kappa shape index (κ3) is 2.43. The number of ketones is 1. The van der Waals surface area contributed by atoms with E-state index in [1.54, 1.807) is 18.2 Å². The summed E-state index contributed by atoms with van der Waals surface area (Å²) in [5, 5.41) is 0.575. The molecular formula is C11H11ClO. The van der Waals surface area contributed by atoms with Crippen molar-refractivity contribution in [3.8, 4) is 0 Å². The standard InChI is InChI=1S/C11H11ClO/c1-7(2)9-4-10(8(3)13)6-11(12)5-9/h4-6H,1H2,2-3H3. The van der Waals surface area contributed by atoms with Gasteiger partial charge in [-0.15, -0.1) is 0 Å². The van der Waals surface area contributed by atoms with Crippen molar-refractivity contribution in [1.82, 2.24) is 0 Å². The first kappa shape index (κ1) is 10.0. The highest BCUT2D eigenvalue weighted by atomic mass is 35.5. The summed E-state index contributed by atoms with van der Waals surface area (Å²) in [5.41, 5.74) is 2.45. The van der Waals surface area contributed by atoms with Gasteiger partial charge in [-0.05, 0) is 37.6 Å². The smallest absolute Gasteiger partial charge is 0.159 e. The van der Waals surface area contributed by atoms with Gasteiger partial charge in [-0.25, -0.2) is 0 Å². The third-order valence-electron chi connectivity index (χ3n) is 1.80. The number of carbonyl (C=O) groups excluding carboxylic acids is 1. The van der Waals surface area contributed by atoms with Gasteiger partial charge in [0.1, 0.15) is 0 Å². The second-order valence-electron chi connectivity index (χ2n) is 3.07. The predicted octanol–water partition coefficient (Wildman–Crippen LogP) is 3.58. The van der Waals surface area contributed by atoms with Crippen molar-refractivity contribution in [2.24, 2.45) is 0 Å². The van der Waals surface area contributed by atoms with Crippen LogP contribution in [0.1, 0.15) is 29.8 Å². The van der Waals surface area contributed by atoms with Crippen LogP contribution in [0.4, 0.5) is 0 Å². The molecule has 0 bridgehead atoms. The highest BCUT2D eigenvalue weighted by Crippen LogP contribution is 2.20. The average Bonchev–Trinajstić information content (AvgIpc) is 2.03. The topological polar surface area (TPSA) is 17.1 Å². The summed E-state index contributed by atoms with van der Waals surface area (Å²) in [6.45, 7) is 7.20. The van der Waals surface area contributed by atoms with E-state index in [-0.39, 0.29) is 5.78 Å². The minimum atomic E-state index is 0.0185. The summed E-state index contributed by atoms with van der Waals surface area (Å²) in [6, 6.07) is 5.27. The Balaban J connectivity index is 3.26. The highest BCUT2D eigenvalue weighted by Gasteiger charge is 2.03. The quantitative estimate of drug-likeness (QED) is 0.658. The first-order chi connectivity index (χ1) is 6.00. The second kappa shape index (κ2) is 3.75. The molecule has 0 atom stereocenters. The van der Waals surface area contributed by atoms with E-state index in [9.17, 15) is 4.79 Å². The fourth-order valence-electron chi connectivity index (χ4n) is 1.04. The molecule has 0 heterocycles. The van der Waals surface area contributed by atoms with Crippen LogP contribution in [0.15, 0.2) is 24.8 Å². The lowest BCUT2D eigenvalue weighted by atomic mass is 10.0. The minimum absolute atomic E-state index is 0.0185. The Labute approximate surface area is 83.0 Å². The average molecular weight is 195 g/mol. The summed E-state index contributed by atoms with van der Waals surface area (Å²) in [6.07, 6.45) is 0. The molecule has 68 valence electrons. The van der Waals surface area contributed by atoms with Gasteiger partial charge in [-0.3, -0.25) is 4.79 Å². The van der Waals surface area contributed by atoms with E-state index >= 15 is 0 Å². The molecule has 2 heteroatoms. The van der Waals surface area contributed by atoms with Crippen LogP contribution in [0.2, 0.25) is 5.02 Å². The number of allylic oxidation sites excluding steroid dienone is 1. The van der Waals surface area contributed by atoms with Crippen LogP contribution in [0, 0.1) is 0 Å². The number of hydrogen-bond donors (Lipinski definition) is 0. The van der Waals surface area contributed by atoms with Crippen molar-refractivity contribution in [3.05, 3.63) is 40.9 Å². The summed E-state index contributed by atoms with van der Waals surface area (Å²) in [4.78, 5) is 11.1. The number of halogens is 1. The highest BCUT2D eigenvalue weighted by molar-refractivity contribution is 6.31. The lowest BCUT2D eigenvalue weighted by Crippen LogP contribution is -1.93. The molecule has 1 aromatic carbocycles. The maximum absolute atomic E-state index is 11.1. The van der Waals surface area contributed by atoms with Gasteiger partial charge < -0.3 is 0 Å². The Morgan fingerprint density at radius 2 is 1.77 bits per heavy atom. The van der Waals surface area contributed by atoms with Gasteiger partial charge in [0.25, 0.3) is 0 Å². The molecule has 0 amide bonds. The molecule has 0 spiro atoms. The molecule has 0 saturated carbocycles. The molecule has 0 aliphatic carbocycles. The fourth-order valence-corrected chi connectivity index (χ4v) is 1.27. The van der Waals surface area contributed by atoms with E-state index in [1.807, 2.05) is 6.92 Å². The first-order valence-corrected chi connectivity index (χ1v) is 4.36. The first-order valence-electron chi connectivity index (χ1n) is 3.98. The number of benzene rings is 1. The molecule has 0 unspecified atom stereocenters. The summed E-state index contributed by atoms with van der Waals surface area (Å²) in [5.74, 6) is 0.0185. The molecule has 0 radical (unpaired) electrons. The lowest BCUT2D eigenvalue weighted by Gasteiger charge is -2.03. The minimum Gasteiger partial charge on any atom is -0.295 e. The van der Waals surface area contributed by atoms with Crippen LogP contribution in [0.5, 0.6) is 0 Å². The van der Waals surface area contributed by atoms with Crippen LogP contribution in [0.3, 0.4) is 0 Å². The molecule has 13 heavy (non-hydrogen) atoms. The zero-order valence-corrected chi connectivity index (χ0v) is 8.48. The molecule has 0 aliphatic rings. The normalized spacial score (nSPS) is 9.77. The van der Waals surface area contributed by atoms with Crippen LogP contribution >= 0.6 is 11.6 Å². The maximum atomic E-state index is 11.1. The van der Waals surface area contributed by atoms with Gasteiger partial charge in [0.15, 0.2) is 5.78 Å². The SMILES string of the molecule is C=C(C)c1cc(Cl)cc(C(C)=O)c1. The van der Waals surface area contributed by atoms with Crippen LogP contribution in [-0.4, -0.2) is 5.78 Å². The van der Waals surface area contributed by atoms with E-state index in [0.717, 1.165) is 11.1 Å². The summed E-state index contributed by atoms with van der Waals surface area (Å²) >= 11 is 5.84. The van der Waals surface area contributed by atoms with Gasteiger partial charge in [0, 0.05) is 10.6 Å². The third-order valence-corrected chi connectivity index (χ3v) is 2.02. The van der Waals surface area contributed by atoms with E-state index in [4.69, 9.17) is 11.6 Å². The van der Waals surface area contributed by atoms with Crippen molar-refractivity contribution in [2.45, 2.75) is 13.8 Å².